The fraction of sp³-hybridized carbons (Fsp3) is 0.227. The molecule has 1 N–H and O–H groups in total. The zero-order valence-corrected chi connectivity index (χ0v) is 18.2. The van der Waals surface area contributed by atoms with Gasteiger partial charge in [-0.1, -0.05) is 36.4 Å². The molecular weight excluding hydrogens is 439 g/mol. The molecule has 1 fully saturated rings. The van der Waals surface area contributed by atoms with Gasteiger partial charge in [-0.05, 0) is 42.5 Å². The molecule has 3 aromatic rings. The van der Waals surface area contributed by atoms with Gasteiger partial charge in [0.05, 0.1) is 0 Å². The Balaban J connectivity index is 1.46. The molecule has 0 saturated carbocycles. The van der Waals surface area contributed by atoms with Crippen molar-refractivity contribution >= 4 is 27.3 Å². The molecule has 1 aromatic heterocycles. The molecule has 31 heavy (non-hydrogen) atoms. The van der Waals surface area contributed by atoms with Gasteiger partial charge in [0.1, 0.15) is 16.0 Å². The summed E-state index contributed by atoms with van der Waals surface area (Å²) in [6.45, 7) is 0.443. The van der Waals surface area contributed by atoms with Gasteiger partial charge >= 0.3 is 0 Å². The highest BCUT2D eigenvalue weighted by Gasteiger charge is 2.39. The fourth-order valence-electron chi connectivity index (χ4n) is 3.51. The summed E-state index contributed by atoms with van der Waals surface area (Å²) in [5.74, 6) is -0.340. The van der Waals surface area contributed by atoms with Crippen LogP contribution in [0.15, 0.2) is 70.3 Å². The Kier molecular flexibility index (Phi) is 6.35. The predicted molar refractivity (Wildman–Crippen MR) is 116 cm³/mol. The van der Waals surface area contributed by atoms with Gasteiger partial charge in [-0.15, -0.1) is 11.3 Å². The summed E-state index contributed by atoms with van der Waals surface area (Å²) in [6, 6.07) is 15.6. The lowest BCUT2D eigenvalue weighted by Gasteiger charge is -2.23. The maximum atomic E-state index is 13.9. The monoisotopic (exact) mass is 460 g/mol. The van der Waals surface area contributed by atoms with Gasteiger partial charge in [-0.2, -0.15) is 4.31 Å². The minimum Gasteiger partial charge on any atom is -0.454 e. The number of halogens is 1. The molecule has 1 amide bonds. The van der Waals surface area contributed by atoms with Gasteiger partial charge in [-0.25, -0.2) is 12.8 Å². The molecule has 4 rings (SSSR count). The van der Waals surface area contributed by atoms with Crippen LogP contribution in [0.3, 0.4) is 0 Å². The van der Waals surface area contributed by atoms with Crippen LogP contribution in [-0.4, -0.2) is 31.2 Å². The van der Waals surface area contributed by atoms with Crippen LogP contribution < -0.4 is 10.1 Å². The van der Waals surface area contributed by atoms with Crippen LogP contribution in [-0.2, 0) is 21.4 Å². The van der Waals surface area contributed by atoms with Crippen LogP contribution in [0.25, 0.3) is 0 Å². The minimum atomic E-state index is -3.70. The van der Waals surface area contributed by atoms with Gasteiger partial charge in [0, 0.05) is 18.7 Å². The minimum absolute atomic E-state index is 0.0882. The first-order valence-electron chi connectivity index (χ1n) is 9.80. The fourth-order valence-corrected chi connectivity index (χ4v) is 6.29. The molecule has 0 radical (unpaired) electrons. The molecule has 2 aromatic carbocycles. The Morgan fingerprint density at radius 3 is 2.58 bits per heavy atom. The molecule has 9 heteroatoms. The number of amides is 1. The van der Waals surface area contributed by atoms with E-state index in [1.165, 1.54) is 16.4 Å². The summed E-state index contributed by atoms with van der Waals surface area (Å²) in [6.07, 6.45) is 1.08. The first-order valence-corrected chi connectivity index (χ1v) is 12.1. The van der Waals surface area contributed by atoms with Crippen LogP contribution in [0, 0.1) is 5.82 Å². The quantitative estimate of drug-likeness (QED) is 0.575. The second-order valence-electron chi connectivity index (χ2n) is 7.06. The summed E-state index contributed by atoms with van der Waals surface area (Å²) >= 11 is 1.14. The Bertz CT molecular complexity index is 1170. The number of hydrogen-bond donors (Lipinski definition) is 1. The van der Waals surface area contributed by atoms with Crippen molar-refractivity contribution in [2.75, 3.05) is 6.54 Å². The molecule has 0 bridgehead atoms. The summed E-state index contributed by atoms with van der Waals surface area (Å²) in [7, 11) is -3.70. The summed E-state index contributed by atoms with van der Waals surface area (Å²) in [5, 5.41) is 4.51. The normalized spacial score (nSPS) is 16.9. The highest BCUT2D eigenvalue weighted by molar-refractivity contribution is 7.91. The summed E-state index contributed by atoms with van der Waals surface area (Å²) in [5.41, 5.74) is 0.657. The van der Waals surface area contributed by atoms with E-state index in [2.05, 4.69) is 5.32 Å². The zero-order chi connectivity index (χ0) is 21.8. The lowest BCUT2D eigenvalue weighted by Crippen LogP contribution is -2.45. The number of hydrogen-bond acceptors (Lipinski definition) is 5. The highest BCUT2D eigenvalue weighted by Crippen LogP contribution is 2.30. The number of ether oxygens (including phenoxy) is 1. The van der Waals surface area contributed by atoms with Crippen molar-refractivity contribution in [2.45, 2.75) is 29.6 Å². The Morgan fingerprint density at radius 2 is 1.84 bits per heavy atom. The Hall–Kier alpha value is -2.75. The van der Waals surface area contributed by atoms with Crippen LogP contribution >= 0.6 is 11.3 Å². The number of carbonyl (C=O) groups is 1. The van der Waals surface area contributed by atoms with E-state index in [0.29, 0.717) is 30.7 Å². The van der Waals surface area contributed by atoms with E-state index < -0.39 is 21.9 Å². The Morgan fingerprint density at radius 1 is 1.10 bits per heavy atom. The maximum Gasteiger partial charge on any atom is 0.253 e. The average Bonchev–Trinajstić information content (AvgIpc) is 3.47. The van der Waals surface area contributed by atoms with Crippen molar-refractivity contribution < 1.29 is 22.3 Å². The van der Waals surface area contributed by atoms with Crippen molar-refractivity contribution in [3.63, 3.8) is 0 Å². The van der Waals surface area contributed by atoms with Gasteiger partial charge in [0.2, 0.25) is 5.91 Å². The molecule has 1 aliphatic heterocycles. The number of sulfonamides is 1. The molecule has 162 valence electrons. The third-order valence-electron chi connectivity index (χ3n) is 5.05. The topological polar surface area (TPSA) is 75.7 Å². The van der Waals surface area contributed by atoms with Gasteiger partial charge in [0.15, 0.2) is 11.6 Å². The number of thiophene rings is 1. The van der Waals surface area contributed by atoms with Crippen LogP contribution in [0.4, 0.5) is 4.39 Å². The molecule has 2 heterocycles. The maximum absolute atomic E-state index is 13.9. The van der Waals surface area contributed by atoms with Crippen molar-refractivity contribution in [3.05, 3.63) is 77.4 Å². The second-order valence-corrected chi connectivity index (χ2v) is 10.1. The zero-order valence-electron chi connectivity index (χ0n) is 16.5. The van der Waals surface area contributed by atoms with E-state index in [1.807, 2.05) is 0 Å². The molecule has 0 aliphatic carbocycles. The SMILES string of the molecule is O=C(NCc1ccccc1Oc1ccccc1F)C1CCCN1S(=O)(=O)c1cccs1. The van der Waals surface area contributed by atoms with E-state index in [-0.39, 0.29) is 22.4 Å². The molecule has 1 aliphatic rings. The van der Waals surface area contributed by atoms with Crippen LogP contribution in [0.2, 0.25) is 0 Å². The number of nitrogens with zero attached hydrogens (tertiary/aromatic N) is 1. The predicted octanol–water partition coefficient (Wildman–Crippen LogP) is 4.15. The van der Waals surface area contributed by atoms with Crippen molar-refractivity contribution in [3.8, 4) is 11.5 Å². The van der Waals surface area contributed by atoms with E-state index in [9.17, 15) is 17.6 Å². The number of rotatable bonds is 7. The lowest BCUT2D eigenvalue weighted by molar-refractivity contribution is -0.124. The van der Waals surface area contributed by atoms with Gasteiger partial charge < -0.3 is 10.1 Å². The molecule has 1 saturated heterocycles. The second kappa shape index (κ2) is 9.17. The summed E-state index contributed by atoms with van der Waals surface area (Å²) in [4.78, 5) is 12.9. The van der Waals surface area contributed by atoms with E-state index in [4.69, 9.17) is 4.74 Å². The number of carbonyl (C=O) groups excluding carboxylic acids is 1. The van der Waals surface area contributed by atoms with Crippen LogP contribution in [0.1, 0.15) is 18.4 Å². The summed E-state index contributed by atoms with van der Waals surface area (Å²) < 4.78 is 46.9. The number of nitrogens with one attached hydrogen (secondary N) is 1. The first-order chi connectivity index (χ1) is 15.0. The third-order valence-corrected chi connectivity index (χ3v) is 8.33. The molecule has 1 unspecified atom stereocenters. The van der Waals surface area contributed by atoms with Crippen LogP contribution in [0.5, 0.6) is 11.5 Å². The average molecular weight is 461 g/mol. The Labute approximate surface area is 184 Å². The number of para-hydroxylation sites is 2. The van der Waals surface area contributed by atoms with E-state index in [0.717, 1.165) is 11.3 Å². The molecular formula is C22H21FN2O4S2. The van der Waals surface area contributed by atoms with Crippen molar-refractivity contribution in [1.29, 1.82) is 0 Å². The number of benzene rings is 2. The third kappa shape index (κ3) is 4.63. The van der Waals surface area contributed by atoms with E-state index in [1.54, 1.807) is 53.9 Å². The largest absolute Gasteiger partial charge is 0.454 e. The molecule has 0 spiro atoms. The highest BCUT2D eigenvalue weighted by atomic mass is 32.2. The van der Waals surface area contributed by atoms with Crippen molar-refractivity contribution in [1.82, 2.24) is 9.62 Å². The van der Waals surface area contributed by atoms with Crippen molar-refractivity contribution in [2.24, 2.45) is 0 Å². The smallest absolute Gasteiger partial charge is 0.253 e. The lowest BCUT2D eigenvalue weighted by atomic mass is 10.1. The first kappa shape index (κ1) is 21.5. The van der Waals surface area contributed by atoms with E-state index >= 15 is 0 Å². The van der Waals surface area contributed by atoms with Gasteiger partial charge in [0.25, 0.3) is 10.0 Å². The van der Waals surface area contributed by atoms with Gasteiger partial charge in [-0.3, -0.25) is 4.79 Å². The standard InChI is InChI=1S/C22H21FN2O4S2/c23-17-8-2-4-11-20(17)29-19-10-3-1-7-16(19)15-24-22(26)18-9-5-13-25(18)31(27,28)21-12-6-14-30-21/h1-4,6-8,10-12,14,18H,5,9,13,15H2,(H,24,26). The molecule has 6 nitrogen and oxygen atoms in total. The molecule has 1 atom stereocenters.